The first-order valence-corrected chi connectivity index (χ1v) is 8.80. The third-order valence-corrected chi connectivity index (χ3v) is 4.96. The highest BCUT2D eigenvalue weighted by Crippen LogP contribution is 2.35. The largest absolute Gasteiger partial charge is 0.326 e. The lowest BCUT2D eigenvalue weighted by Gasteiger charge is -2.31. The second-order valence-corrected chi connectivity index (χ2v) is 7.75. The van der Waals surface area contributed by atoms with E-state index in [2.05, 4.69) is 5.32 Å². The van der Waals surface area contributed by atoms with Gasteiger partial charge in [-0.05, 0) is 45.7 Å². The lowest BCUT2D eigenvalue weighted by molar-refractivity contribution is -0.173. The van der Waals surface area contributed by atoms with E-state index in [1.807, 2.05) is 46.8 Å². The van der Waals surface area contributed by atoms with E-state index < -0.39 is 17.8 Å². The quantitative estimate of drug-likeness (QED) is 0.880. The number of hydroxylamine groups is 2. The van der Waals surface area contributed by atoms with Gasteiger partial charge in [0.05, 0.1) is 5.54 Å². The molecule has 3 rings (SSSR count). The summed E-state index contributed by atoms with van der Waals surface area (Å²) in [6.45, 7) is 9.94. The van der Waals surface area contributed by atoms with Crippen LogP contribution in [-0.4, -0.2) is 46.1 Å². The average molecular weight is 359 g/mol. The topological polar surface area (TPSA) is 79.0 Å². The Morgan fingerprint density at radius 3 is 2.38 bits per heavy atom. The molecule has 7 nitrogen and oxygen atoms in total. The van der Waals surface area contributed by atoms with Crippen molar-refractivity contribution in [1.82, 2.24) is 15.3 Å². The van der Waals surface area contributed by atoms with Crippen LogP contribution in [0.15, 0.2) is 12.1 Å². The molecule has 1 aromatic carbocycles. The number of carbonyl (C=O) groups is 3. The normalized spacial score (nSPS) is 22.6. The van der Waals surface area contributed by atoms with Crippen molar-refractivity contribution in [3.8, 4) is 0 Å². The van der Waals surface area contributed by atoms with Crippen LogP contribution in [-0.2, 0) is 9.63 Å². The van der Waals surface area contributed by atoms with E-state index in [1.54, 1.807) is 0 Å². The molecule has 1 atom stereocenters. The average Bonchev–Trinajstić information content (AvgIpc) is 2.81. The van der Waals surface area contributed by atoms with Crippen molar-refractivity contribution in [3.63, 3.8) is 0 Å². The van der Waals surface area contributed by atoms with Crippen LogP contribution >= 0.6 is 0 Å². The van der Waals surface area contributed by atoms with Crippen molar-refractivity contribution in [2.75, 3.05) is 6.54 Å². The fraction of sp³-hybridized carbons (Fsp3) is 0.526. The van der Waals surface area contributed by atoms with E-state index in [0.717, 1.165) is 16.7 Å². The Kier molecular flexibility index (Phi) is 4.52. The van der Waals surface area contributed by atoms with Gasteiger partial charge in [0.2, 0.25) is 5.91 Å². The van der Waals surface area contributed by atoms with E-state index >= 15 is 0 Å². The van der Waals surface area contributed by atoms with Gasteiger partial charge in [0, 0.05) is 24.9 Å². The molecule has 7 heteroatoms. The van der Waals surface area contributed by atoms with Crippen molar-refractivity contribution in [3.05, 3.63) is 34.4 Å². The predicted molar refractivity (Wildman–Crippen MR) is 95.3 cm³/mol. The summed E-state index contributed by atoms with van der Waals surface area (Å²) in [4.78, 5) is 44.1. The predicted octanol–water partition coefficient (Wildman–Crippen LogP) is 2.44. The molecule has 0 bridgehead atoms. The maximum Gasteiger partial charge on any atom is 0.326 e. The molecule has 2 saturated heterocycles. The maximum atomic E-state index is 13.2. The zero-order chi connectivity index (χ0) is 19.2. The van der Waals surface area contributed by atoms with Crippen LogP contribution in [0, 0.1) is 20.8 Å². The Hall–Kier alpha value is -2.41. The number of hydrogen-bond donors (Lipinski definition) is 1. The molecular weight excluding hydrogens is 334 g/mol. The van der Waals surface area contributed by atoms with Crippen LogP contribution in [0.1, 0.15) is 53.7 Å². The number of imide groups is 1. The molecule has 0 spiro atoms. The smallest absolute Gasteiger partial charge is 0.295 e. The lowest BCUT2D eigenvalue weighted by atomic mass is 9.96. The van der Waals surface area contributed by atoms with E-state index in [9.17, 15) is 14.4 Å². The van der Waals surface area contributed by atoms with Gasteiger partial charge in [0.15, 0.2) is 6.23 Å². The molecule has 1 unspecified atom stereocenters. The summed E-state index contributed by atoms with van der Waals surface area (Å²) in [7, 11) is 0. The fourth-order valence-electron chi connectivity index (χ4n) is 3.77. The first-order chi connectivity index (χ1) is 12.1. The van der Waals surface area contributed by atoms with Crippen molar-refractivity contribution in [1.29, 1.82) is 0 Å². The second kappa shape index (κ2) is 6.39. The molecule has 0 aliphatic carbocycles. The number of nitrogens with one attached hydrogen (secondary N) is 1. The zero-order valence-electron chi connectivity index (χ0n) is 15.9. The summed E-state index contributed by atoms with van der Waals surface area (Å²) in [5, 5.41) is 3.68. The summed E-state index contributed by atoms with van der Waals surface area (Å²) in [6, 6.07) is 3.48. The third kappa shape index (κ3) is 3.19. The van der Waals surface area contributed by atoms with Gasteiger partial charge in [-0.1, -0.05) is 17.7 Å². The van der Waals surface area contributed by atoms with Gasteiger partial charge in [0.1, 0.15) is 0 Å². The number of nitrogens with zero attached hydrogens (tertiary/aromatic N) is 2. The Balaban J connectivity index is 1.86. The minimum Gasteiger partial charge on any atom is -0.295 e. The minimum absolute atomic E-state index is 0.207. The van der Waals surface area contributed by atoms with Crippen LogP contribution in [0.4, 0.5) is 4.79 Å². The zero-order valence-corrected chi connectivity index (χ0v) is 15.9. The van der Waals surface area contributed by atoms with E-state index in [0.29, 0.717) is 12.0 Å². The van der Waals surface area contributed by atoms with Gasteiger partial charge in [-0.25, -0.2) is 14.7 Å². The molecule has 2 aliphatic heterocycles. The van der Waals surface area contributed by atoms with Crippen LogP contribution in [0.3, 0.4) is 0 Å². The SMILES string of the molecule is Cc1cc(C)c(C(=O)N2OC(N3CCC(=O)NC3=O)CC2(C)C)c(C)c1. The monoisotopic (exact) mass is 359 g/mol. The summed E-state index contributed by atoms with van der Waals surface area (Å²) in [6.07, 6.45) is 0.133. The summed E-state index contributed by atoms with van der Waals surface area (Å²) in [5.41, 5.74) is 2.95. The number of hydrogen-bond acceptors (Lipinski definition) is 4. The highest BCUT2D eigenvalue weighted by molar-refractivity contribution is 5.98. The molecule has 4 amide bonds. The van der Waals surface area contributed by atoms with Gasteiger partial charge in [-0.15, -0.1) is 0 Å². The Labute approximate surface area is 153 Å². The summed E-state index contributed by atoms with van der Waals surface area (Å²) in [5.74, 6) is -0.497. The summed E-state index contributed by atoms with van der Waals surface area (Å²) >= 11 is 0. The molecular formula is C19H25N3O4. The third-order valence-electron chi connectivity index (χ3n) is 4.96. The van der Waals surface area contributed by atoms with Gasteiger partial charge in [-0.3, -0.25) is 19.8 Å². The lowest BCUT2D eigenvalue weighted by Crippen LogP contribution is -2.53. The minimum atomic E-state index is -0.576. The van der Waals surface area contributed by atoms with Crippen LogP contribution in [0.25, 0.3) is 0 Å². The maximum absolute atomic E-state index is 13.2. The molecule has 0 aromatic heterocycles. The highest BCUT2D eigenvalue weighted by atomic mass is 16.7. The number of carbonyl (C=O) groups excluding carboxylic acids is 3. The number of aryl methyl sites for hydroxylation is 3. The first-order valence-electron chi connectivity index (χ1n) is 8.80. The van der Waals surface area contributed by atoms with Crippen LogP contribution < -0.4 is 5.32 Å². The molecule has 2 aliphatic rings. The van der Waals surface area contributed by atoms with Crippen molar-refractivity contribution in [2.24, 2.45) is 0 Å². The highest BCUT2D eigenvalue weighted by Gasteiger charge is 2.47. The van der Waals surface area contributed by atoms with Gasteiger partial charge < -0.3 is 0 Å². The Bertz CT molecular complexity index is 764. The molecule has 2 heterocycles. The Morgan fingerprint density at radius 2 is 1.81 bits per heavy atom. The first kappa shape index (κ1) is 18.4. The van der Waals surface area contributed by atoms with E-state index in [4.69, 9.17) is 4.84 Å². The molecule has 2 fully saturated rings. The second-order valence-electron chi connectivity index (χ2n) is 7.75. The van der Waals surface area contributed by atoms with Crippen LogP contribution in [0.2, 0.25) is 0 Å². The van der Waals surface area contributed by atoms with Crippen LogP contribution in [0.5, 0.6) is 0 Å². The van der Waals surface area contributed by atoms with Gasteiger partial charge >= 0.3 is 6.03 Å². The van der Waals surface area contributed by atoms with E-state index in [1.165, 1.54) is 9.96 Å². The van der Waals surface area contributed by atoms with Crippen molar-refractivity contribution < 1.29 is 19.2 Å². The number of rotatable bonds is 2. The van der Waals surface area contributed by atoms with Gasteiger partial charge in [0.25, 0.3) is 5.91 Å². The Morgan fingerprint density at radius 1 is 1.19 bits per heavy atom. The van der Waals surface area contributed by atoms with Crippen molar-refractivity contribution >= 4 is 17.8 Å². The molecule has 0 radical (unpaired) electrons. The standard InChI is InChI=1S/C19H25N3O4/c1-11-8-12(2)16(13(3)9-11)17(24)22-19(4,5)10-15(26-22)21-7-6-14(23)20-18(21)25/h8-9,15H,6-7,10H2,1-5H3,(H,20,23,25). The fourth-order valence-corrected chi connectivity index (χ4v) is 3.77. The molecule has 140 valence electrons. The van der Waals surface area contributed by atoms with Gasteiger partial charge in [-0.2, -0.15) is 0 Å². The molecule has 1 aromatic rings. The number of amides is 4. The molecule has 26 heavy (non-hydrogen) atoms. The summed E-state index contributed by atoms with van der Waals surface area (Å²) < 4.78 is 0. The van der Waals surface area contributed by atoms with E-state index in [-0.39, 0.29) is 24.8 Å². The molecule has 1 N–H and O–H groups in total. The van der Waals surface area contributed by atoms with Crippen molar-refractivity contribution in [2.45, 2.75) is 59.2 Å². The number of urea groups is 1. The number of benzene rings is 1. The molecule has 0 saturated carbocycles.